The van der Waals surface area contributed by atoms with Crippen molar-refractivity contribution in [2.24, 2.45) is 0 Å². The maximum atomic E-state index is 5.74. The van der Waals surface area contributed by atoms with Gasteiger partial charge in [0.05, 0.1) is 6.54 Å². The lowest BCUT2D eigenvalue weighted by atomic mass is 10.4. The fraction of sp³-hybridized carbons (Fsp3) is 0.143. The Hall–Kier alpha value is -1.40. The lowest BCUT2D eigenvalue weighted by Gasteiger charge is -2.03. The number of hydrogen-bond acceptors (Lipinski definition) is 6. The molecule has 0 amide bonds. The molecule has 15 heavy (non-hydrogen) atoms. The van der Waals surface area contributed by atoms with Crippen molar-refractivity contribution in [3.63, 3.8) is 0 Å². The summed E-state index contributed by atoms with van der Waals surface area (Å²) in [6, 6.07) is 1.72. The number of hydrogen-bond donors (Lipinski definition) is 1. The predicted molar refractivity (Wildman–Crippen MR) is 53.7 cm³/mol. The number of nitrogens with one attached hydrogen (secondary N) is 1. The van der Waals surface area contributed by atoms with Gasteiger partial charge in [-0.2, -0.15) is 4.98 Å². The van der Waals surface area contributed by atoms with Crippen molar-refractivity contribution in [3.8, 4) is 0 Å². The Bertz CT molecular complexity index is 447. The van der Waals surface area contributed by atoms with Crippen molar-refractivity contribution in [2.45, 2.75) is 6.54 Å². The third kappa shape index (κ3) is 2.54. The van der Waals surface area contributed by atoms with Gasteiger partial charge in [0.15, 0.2) is 11.0 Å². The minimum absolute atomic E-state index is 0.0297. The summed E-state index contributed by atoms with van der Waals surface area (Å²) in [5, 5.41) is 13.9. The minimum atomic E-state index is 0.0297. The van der Waals surface area contributed by atoms with Gasteiger partial charge in [0.1, 0.15) is 12.0 Å². The zero-order valence-corrected chi connectivity index (χ0v) is 8.83. The Balaban J connectivity index is 2.07. The second kappa shape index (κ2) is 4.41. The molecule has 0 saturated heterocycles. The molecule has 2 heterocycles. The van der Waals surface area contributed by atoms with E-state index < -0.39 is 0 Å². The highest BCUT2D eigenvalue weighted by atomic mass is 35.5. The number of rotatable bonds is 3. The number of halogens is 2. The molecule has 0 aliphatic rings. The van der Waals surface area contributed by atoms with Crippen LogP contribution in [0.1, 0.15) is 5.69 Å². The van der Waals surface area contributed by atoms with Crippen LogP contribution in [0.4, 0.5) is 5.82 Å². The fourth-order valence-corrected chi connectivity index (χ4v) is 1.18. The van der Waals surface area contributed by atoms with Gasteiger partial charge in [-0.3, -0.25) is 0 Å². The van der Waals surface area contributed by atoms with Gasteiger partial charge in [0.25, 0.3) is 0 Å². The van der Waals surface area contributed by atoms with E-state index in [1.54, 1.807) is 6.07 Å². The third-order valence-corrected chi connectivity index (χ3v) is 1.96. The van der Waals surface area contributed by atoms with Crippen LogP contribution >= 0.6 is 23.2 Å². The number of anilines is 1. The summed E-state index contributed by atoms with van der Waals surface area (Å²) in [7, 11) is 0. The highest BCUT2D eigenvalue weighted by Crippen LogP contribution is 2.16. The van der Waals surface area contributed by atoms with Crippen LogP contribution in [0.15, 0.2) is 16.9 Å². The molecule has 0 bridgehead atoms. The van der Waals surface area contributed by atoms with E-state index in [1.807, 2.05) is 0 Å². The van der Waals surface area contributed by atoms with Gasteiger partial charge in [-0.1, -0.05) is 16.8 Å². The molecule has 0 aliphatic carbocycles. The summed E-state index contributed by atoms with van der Waals surface area (Å²) >= 11 is 11.3. The van der Waals surface area contributed by atoms with E-state index in [2.05, 4.69) is 30.2 Å². The standard InChI is InChI=1S/C7H5Cl2N5O/c8-5-6(11-7(9)13-12-5)10-3-4-1-2-15-14-4/h1-2H,3H2,(H,10,11,13). The monoisotopic (exact) mass is 245 g/mol. The summed E-state index contributed by atoms with van der Waals surface area (Å²) in [5.74, 6) is 0.361. The van der Waals surface area contributed by atoms with Crippen LogP contribution in [0.25, 0.3) is 0 Å². The van der Waals surface area contributed by atoms with Crippen LogP contribution in [0.3, 0.4) is 0 Å². The SMILES string of the molecule is Clc1nnc(Cl)c(NCc2ccon2)n1. The van der Waals surface area contributed by atoms with Gasteiger partial charge in [0, 0.05) is 6.07 Å². The summed E-state index contributed by atoms with van der Waals surface area (Å²) in [6.45, 7) is 0.422. The van der Waals surface area contributed by atoms with Crippen molar-refractivity contribution in [1.29, 1.82) is 0 Å². The van der Waals surface area contributed by atoms with Crippen LogP contribution in [-0.2, 0) is 6.54 Å². The highest BCUT2D eigenvalue weighted by molar-refractivity contribution is 6.32. The largest absolute Gasteiger partial charge is 0.364 e. The number of nitrogens with zero attached hydrogens (tertiary/aromatic N) is 4. The van der Waals surface area contributed by atoms with E-state index >= 15 is 0 Å². The van der Waals surface area contributed by atoms with Crippen LogP contribution in [-0.4, -0.2) is 20.3 Å². The minimum Gasteiger partial charge on any atom is -0.364 e. The molecule has 8 heteroatoms. The van der Waals surface area contributed by atoms with E-state index in [0.29, 0.717) is 12.4 Å². The summed E-state index contributed by atoms with van der Waals surface area (Å²) in [4.78, 5) is 3.86. The van der Waals surface area contributed by atoms with Gasteiger partial charge >= 0.3 is 0 Å². The smallest absolute Gasteiger partial charge is 0.245 e. The average molecular weight is 246 g/mol. The zero-order valence-electron chi connectivity index (χ0n) is 7.31. The van der Waals surface area contributed by atoms with Crippen molar-refractivity contribution in [3.05, 3.63) is 28.5 Å². The predicted octanol–water partition coefficient (Wildman–Crippen LogP) is 1.78. The summed E-state index contributed by atoms with van der Waals surface area (Å²) in [5.41, 5.74) is 0.723. The molecule has 0 radical (unpaired) electrons. The normalized spacial score (nSPS) is 10.3. The molecule has 0 spiro atoms. The molecule has 0 atom stereocenters. The molecule has 6 nitrogen and oxygen atoms in total. The average Bonchev–Trinajstić information content (AvgIpc) is 2.72. The molecule has 2 rings (SSSR count). The van der Waals surface area contributed by atoms with Gasteiger partial charge in [0.2, 0.25) is 5.28 Å². The molecular weight excluding hydrogens is 241 g/mol. The molecule has 0 aromatic carbocycles. The maximum Gasteiger partial charge on any atom is 0.245 e. The van der Waals surface area contributed by atoms with Crippen LogP contribution < -0.4 is 5.32 Å². The second-order valence-corrected chi connectivity index (χ2v) is 3.26. The molecule has 0 fully saturated rings. The molecule has 0 saturated carbocycles. The first-order chi connectivity index (χ1) is 7.25. The third-order valence-electron chi connectivity index (χ3n) is 1.55. The van der Waals surface area contributed by atoms with Crippen molar-refractivity contribution in [1.82, 2.24) is 20.3 Å². The van der Waals surface area contributed by atoms with Crippen molar-refractivity contribution < 1.29 is 4.52 Å². The maximum absolute atomic E-state index is 5.74. The van der Waals surface area contributed by atoms with Crippen LogP contribution in [0, 0.1) is 0 Å². The Morgan fingerprint density at radius 2 is 2.20 bits per heavy atom. The van der Waals surface area contributed by atoms with E-state index in [9.17, 15) is 0 Å². The van der Waals surface area contributed by atoms with Crippen LogP contribution in [0.2, 0.25) is 10.4 Å². The Morgan fingerprint density at radius 3 is 2.93 bits per heavy atom. The molecule has 0 unspecified atom stereocenters. The summed E-state index contributed by atoms with van der Waals surface area (Å²) in [6.07, 6.45) is 1.48. The summed E-state index contributed by atoms with van der Waals surface area (Å²) < 4.78 is 4.66. The fourth-order valence-electron chi connectivity index (χ4n) is 0.909. The van der Waals surface area contributed by atoms with Crippen molar-refractivity contribution >= 4 is 29.0 Å². The lowest BCUT2D eigenvalue weighted by molar-refractivity contribution is 0.412. The zero-order chi connectivity index (χ0) is 10.7. The Morgan fingerprint density at radius 1 is 1.33 bits per heavy atom. The van der Waals surface area contributed by atoms with E-state index in [0.717, 1.165) is 5.69 Å². The first kappa shape index (κ1) is 10.1. The molecule has 1 N–H and O–H groups in total. The van der Waals surface area contributed by atoms with Crippen LogP contribution in [0.5, 0.6) is 0 Å². The molecule has 0 aliphatic heterocycles. The van der Waals surface area contributed by atoms with E-state index in [-0.39, 0.29) is 10.4 Å². The first-order valence-electron chi connectivity index (χ1n) is 3.94. The van der Waals surface area contributed by atoms with Gasteiger partial charge in [-0.05, 0) is 11.6 Å². The Kier molecular flexibility index (Phi) is 2.98. The molecule has 2 aromatic heterocycles. The quantitative estimate of drug-likeness (QED) is 0.889. The van der Waals surface area contributed by atoms with E-state index in [1.165, 1.54) is 6.26 Å². The lowest BCUT2D eigenvalue weighted by Crippen LogP contribution is -2.04. The highest BCUT2D eigenvalue weighted by Gasteiger charge is 2.06. The van der Waals surface area contributed by atoms with Gasteiger partial charge in [-0.15, -0.1) is 10.2 Å². The molecular formula is C7H5Cl2N5O. The van der Waals surface area contributed by atoms with Gasteiger partial charge in [-0.25, -0.2) is 0 Å². The Labute approximate surface area is 94.6 Å². The topological polar surface area (TPSA) is 76.7 Å². The molecule has 78 valence electrons. The second-order valence-electron chi connectivity index (χ2n) is 2.56. The number of aromatic nitrogens is 4. The molecule has 2 aromatic rings. The van der Waals surface area contributed by atoms with E-state index in [4.69, 9.17) is 23.2 Å². The van der Waals surface area contributed by atoms with Gasteiger partial charge < -0.3 is 9.84 Å². The van der Waals surface area contributed by atoms with Crippen molar-refractivity contribution in [2.75, 3.05) is 5.32 Å². The first-order valence-corrected chi connectivity index (χ1v) is 4.70.